The van der Waals surface area contributed by atoms with Crippen LogP contribution in [0.4, 0.5) is 0 Å². The van der Waals surface area contributed by atoms with Crippen LogP contribution in [0.2, 0.25) is 5.15 Å². The Balaban J connectivity index is 2.47. The Hall–Kier alpha value is -0.870. The summed E-state index contributed by atoms with van der Waals surface area (Å²) in [6, 6.07) is 1.89. The van der Waals surface area contributed by atoms with Gasteiger partial charge in [-0.1, -0.05) is 32.4 Å². The first kappa shape index (κ1) is 10.6. The van der Waals surface area contributed by atoms with E-state index in [1.165, 1.54) is 11.3 Å². The highest BCUT2D eigenvalue weighted by atomic mass is 35.5. The van der Waals surface area contributed by atoms with E-state index in [1.54, 1.807) is 10.9 Å². The van der Waals surface area contributed by atoms with Crippen molar-refractivity contribution in [2.24, 2.45) is 0 Å². The quantitative estimate of drug-likeness (QED) is 0.767. The van der Waals surface area contributed by atoms with Gasteiger partial charge < -0.3 is 0 Å². The smallest absolute Gasteiger partial charge is 0.211 e. The number of rotatable bonds is 1. The summed E-state index contributed by atoms with van der Waals surface area (Å²) >= 11 is 7.63. The fourth-order valence-corrected chi connectivity index (χ4v) is 2.05. The van der Waals surface area contributed by atoms with Crippen molar-refractivity contribution in [1.82, 2.24) is 14.8 Å². The summed E-state index contributed by atoms with van der Waals surface area (Å²) in [5.74, 6) is 0. The molecule has 0 saturated carbocycles. The molecule has 0 aromatic carbocycles. The highest BCUT2D eigenvalue weighted by molar-refractivity contribution is 7.12. The molecule has 2 aromatic rings. The molecule has 0 saturated heterocycles. The van der Waals surface area contributed by atoms with Gasteiger partial charge >= 0.3 is 0 Å². The lowest BCUT2D eigenvalue weighted by Gasteiger charge is -2.13. The van der Waals surface area contributed by atoms with E-state index in [1.807, 2.05) is 11.4 Å². The summed E-state index contributed by atoms with van der Waals surface area (Å²) in [6.07, 6.45) is 1.74. The van der Waals surface area contributed by atoms with Gasteiger partial charge in [-0.15, -0.1) is 11.3 Å². The van der Waals surface area contributed by atoms with Crippen LogP contribution in [0, 0.1) is 0 Å². The third-order valence-corrected chi connectivity index (χ3v) is 3.05. The van der Waals surface area contributed by atoms with Gasteiger partial charge in [0.05, 0.1) is 5.69 Å². The van der Waals surface area contributed by atoms with Gasteiger partial charge in [-0.2, -0.15) is 9.78 Å². The minimum atomic E-state index is 0.00610. The lowest BCUT2D eigenvalue weighted by molar-refractivity contribution is 0.560. The van der Waals surface area contributed by atoms with E-state index < -0.39 is 0 Å². The number of aromatic nitrogens is 3. The van der Waals surface area contributed by atoms with Gasteiger partial charge in [0.15, 0.2) is 0 Å². The molecule has 0 atom stereocenters. The van der Waals surface area contributed by atoms with Gasteiger partial charge in [0, 0.05) is 17.0 Å². The molecule has 15 heavy (non-hydrogen) atoms. The van der Waals surface area contributed by atoms with Crippen molar-refractivity contribution < 1.29 is 0 Å². The van der Waals surface area contributed by atoms with Crippen LogP contribution in [-0.4, -0.2) is 14.8 Å². The van der Waals surface area contributed by atoms with Crippen LogP contribution in [-0.2, 0) is 5.41 Å². The monoisotopic (exact) mass is 241 g/mol. The molecule has 5 heteroatoms. The fraction of sp³-hybridized carbons (Fsp3) is 0.400. The molecule has 0 amide bonds. The lowest BCUT2D eigenvalue weighted by atomic mass is 9.93. The normalized spacial score (nSPS) is 12.0. The Kier molecular flexibility index (Phi) is 2.56. The first-order valence-corrected chi connectivity index (χ1v) is 5.90. The molecule has 3 nitrogen and oxygen atoms in total. The van der Waals surface area contributed by atoms with Crippen LogP contribution >= 0.6 is 22.9 Å². The number of thiazole rings is 1. The van der Waals surface area contributed by atoms with Gasteiger partial charge in [-0.3, -0.25) is 0 Å². The molecular weight excluding hydrogens is 230 g/mol. The highest BCUT2D eigenvalue weighted by Crippen LogP contribution is 2.26. The molecule has 0 radical (unpaired) electrons. The third kappa shape index (κ3) is 2.06. The van der Waals surface area contributed by atoms with E-state index in [-0.39, 0.29) is 5.41 Å². The Morgan fingerprint density at radius 2 is 2.13 bits per heavy atom. The minimum absolute atomic E-state index is 0.00610. The van der Waals surface area contributed by atoms with Crippen molar-refractivity contribution in [3.63, 3.8) is 0 Å². The summed E-state index contributed by atoms with van der Waals surface area (Å²) < 4.78 is 1.67. The first-order valence-electron chi connectivity index (χ1n) is 4.64. The summed E-state index contributed by atoms with van der Waals surface area (Å²) in [5, 5.41) is 7.77. The second kappa shape index (κ2) is 3.61. The maximum atomic E-state index is 6.11. The molecule has 0 spiro atoms. The van der Waals surface area contributed by atoms with Crippen molar-refractivity contribution >= 4 is 22.9 Å². The van der Waals surface area contributed by atoms with Crippen molar-refractivity contribution in [3.8, 4) is 5.13 Å². The zero-order valence-electron chi connectivity index (χ0n) is 8.86. The van der Waals surface area contributed by atoms with Crippen LogP contribution in [0.1, 0.15) is 26.5 Å². The molecule has 0 unspecified atom stereocenters. The molecule has 2 aromatic heterocycles. The standard InChI is InChI=1S/C10H12ClN3S/c1-10(2,3)7-6-8(11)14(13-7)9-12-4-5-15-9/h4-6H,1-3H3. The van der Waals surface area contributed by atoms with Gasteiger partial charge in [0.2, 0.25) is 5.13 Å². The van der Waals surface area contributed by atoms with E-state index in [0.29, 0.717) is 5.15 Å². The second-order valence-electron chi connectivity index (χ2n) is 4.33. The van der Waals surface area contributed by atoms with Gasteiger partial charge in [0.25, 0.3) is 0 Å². The zero-order chi connectivity index (χ0) is 11.1. The van der Waals surface area contributed by atoms with Crippen molar-refractivity contribution in [3.05, 3.63) is 28.5 Å². The summed E-state index contributed by atoms with van der Waals surface area (Å²) in [5.41, 5.74) is 0.981. The molecule has 80 valence electrons. The fourth-order valence-electron chi connectivity index (χ4n) is 1.18. The lowest BCUT2D eigenvalue weighted by Crippen LogP contribution is -2.12. The predicted octanol–water partition coefficient (Wildman–Crippen LogP) is 3.28. The van der Waals surface area contributed by atoms with Crippen LogP contribution < -0.4 is 0 Å². The number of nitrogens with zero attached hydrogens (tertiary/aromatic N) is 3. The second-order valence-corrected chi connectivity index (χ2v) is 5.59. The maximum Gasteiger partial charge on any atom is 0.211 e. The van der Waals surface area contributed by atoms with Crippen molar-refractivity contribution in [1.29, 1.82) is 0 Å². The van der Waals surface area contributed by atoms with Crippen LogP contribution in [0.25, 0.3) is 5.13 Å². The molecule has 2 heterocycles. The third-order valence-electron chi connectivity index (χ3n) is 2.03. The summed E-state index contributed by atoms with van der Waals surface area (Å²) in [6.45, 7) is 6.33. The molecule has 0 fully saturated rings. The molecule has 0 N–H and O–H groups in total. The molecule has 0 aliphatic carbocycles. The molecule has 0 aliphatic rings. The Labute approximate surface area is 97.7 Å². The van der Waals surface area contributed by atoms with E-state index in [4.69, 9.17) is 11.6 Å². The summed E-state index contributed by atoms with van der Waals surface area (Å²) in [4.78, 5) is 4.18. The van der Waals surface area contributed by atoms with E-state index in [2.05, 4.69) is 30.9 Å². The Morgan fingerprint density at radius 3 is 2.60 bits per heavy atom. The predicted molar refractivity (Wildman–Crippen MR) is 62.9 cm³/mol. The average Bonchev–Trinajstić information content (AvgIpc) is 2.69. The first-order chi connectivity index (χ1) is 6.98. The van der Waals surface area contributed by atoms with Gasteiger partial charge in [0.1, 0.15) is 5.15 Å². The average molecular weight is 242 g/mol. The van der Waals surface area contributed by atoms with Crippen molar-refractivity contribution in [2.45, 2.75) is 26.2 Å². The SMILES string of the molecule is CC(C)(C)c1cc(Cl)n(-c2nccs2)n1. The minimum Gasteiger partial charge on any atom is -0.227 e. The molecule has 0 aliphatic heterocycles. The topological polar surface area (TPSA) is 30.7 Å². The van der Waals surface area contributed by atoms with Crippen LogP contribution in [0.15, 0.2) is 17.6 Å². The molecule has 0 bridgehead atoms. The van der Waals surface area contributed by atoms with Crippen molar-refractivity contribution in [2.75, 3.05) is 0 Å². The van der Waals surface area contributed by atoms with Crippen LogP contribution in [0.3, 0.4) is 0 Å². The number of halogens is 1. The number of hydrogen-bond acceptors (Lipinski definition) is 3. The van der Waals surface area contributed by atoms with Gasteiger partial charge in [-0.25, -0.2) is 4.98 Å². The molecular formula is C10H12ClN3S. The van der Waals surface area contributed by atoms with E-state index >= 15 is 0 Å². The largest absolute Gasteiger partial charge is 0.227 e. The Bertz CT molecular complexity index is 453. The van der Waals surface area contributed by atoms with E-state index in [9.17, 15) is 0 Å². The molecule has 2 rings (SSSR count). The van der Waals surface area contributed by atoms with Crippen LogP contribution in [0.5, 0.6) is 0 Å². The van der Waals surface area contributed by atoms with Gasteiger partial charge in [-0.05, 0) is 6.07 Å². The summed E-state index contributed by atoms with van der Waals surface area (Å²) in [7, 11) is 0. The number of hydrogen-bond donors (Lipinski definition) is 0. The van der Waals surface area contributed by atoms with E-state index in [0.717, 1.165) is 10.8 Å². The zero-order valence-corrected chi connectivity index (χ0v) is 10.4. The maximum absolute atomic E-state index is 6.11. The highest BCUT2D eigenvalue weighted by Gasteiger charge is 2.20. The Morgan fingerprint density at radius 1 is 1.40 bits per heavy atom.